The number of methoxy groups -OCH3 is 1. The van der Waals surface area contributed by atoms with Gasteiger partial charge in [0.2, 0.25) is 0 Å². The number of carbonyl (C=O) groups excluding carboxylic acids is 1. The molecule has 10 nitrogen and oxygen atoms in total. The van der Waals surface area contributed by atoms with Crippen molar-refractivity contribution in [3.05, 3.63) is 48.0 Å². The molecule has 1 amide bonds. The van der Waals surface area contributed by atoms with Crippen molar-refractivity contribution in [3.63, 3.8) is 0 Å². The minimum absolute atomic E-state index is 0.0293. The molecule has 0 fully saturated rings. The summed E-state index contributed by atoms with van der Waals surface area (Å²) in [5.41, 5.74) is 0.449. The SMILES string of the molecule is COc1ccc(S(=O)(=O)Nc2ccc3c(c2)C(=O)N([C@@H](C)CO)C[C@@H](C)[C@@H](CN(C)C)OCCCC[C@@H](C)O3)cc1. The predicted octanol–water partition coefficient (Wildman–Crippen LogP) is 3.85. The number of amides is 1. The molecule has 0 unspecified atom stereocenters. The molecule has 1 aliphatic heterocycles. The summed E-state index contributed by atoms with van der Waals surface area (Å²) in [7, 11) is 1.55. The number of hydrogen-bond donors (Lipinski definition) is 2. The number of rotatable bonds is 8. The molecule has 0 saturated heterocycles. The van der Waals surface area contributed by atoms with E-state index in [1.807, 2.05) is 27.9 Å². The first kappa shape index (κ1) is 32.7. The van der Waals surface area contributed by atoms with Gasteiger partial charge in [0.05, 0.1) is 42.4 Å². The van der Waals surface area contributed by atoms with Crippen LogP contribution < -0.4 is 14.2 Å². The molecular weight excluding hydrogens is 546 g/mol. The molecule has 0 radical (unpaired) electrons. The lowest BCUT2D eigenvalue weighted by Gasteiger charge is -2.35. The molecule has 2 aromatic rings. The normalized spacial score (nSPS) is 21.9. The van der Waals surface area contributed by atoms with E-state index in [2.05, 4.69) is 9.62 Å². The van der Waals surface area contributed by atoms with Crippen molar-refractivity contribution in [1.82, 2.24) is 9.80 Å². The Morgan fingerprint density at radius 3 is 2.49 bits per heavy atom. The smallest absolute Gasteiger partial charge is 0.261 e. The van der Waals surface area contributed by atoms with Gasteiger partial charge in [0, 0.05) is 31.3 Å². The summed E-state index contributed by atoms with van der Waals surface area (Å²) in [6.07, 6.45) is 2.28. The number of benzene rings is 2. The molecule has 1 heterocycles. The van der Waals surface area contributed by atoms with Gasteiger partial charge >= 0.3 is 0 Å². The number of likely N-dealkylation sites (N-methyl/N-ethyl adjacent to an activating group) is 1. The molecule has 4 atom stereocenters. The highest BCUT2D eigenvalue weighted by Gasteiger charge is 2.30. The average molecular weight is 592 g/mol. The zero-order valence-corrected chi connectivity index (χ0v) is 25.8. The number of anilines is 1. The van der Waals surface area contributed by atoms with Crippen molar-refractivity contribution in [2.75, 3.05) is 52.2 Å². The van der Waals surface area contributed by atoms with Crippen LogP contribution in [0.15, 0.2) is 47.4 Å². The number of aliphatic hydroxyl groups excluding tert-OH is 1. The van der Waals surface area contributed by atoms with E-state index in [1.54, 1.807) is 36.1 Å². The number of aliphatic hydroxyl groups is 1. The van der Waals surface area contributed by atoms with Gasteiger partial charge < -0.3 is 29.1 Å². The largest absolute Gasteiger partial charge is 0.497 e. The highest BCUT2D eigenvalue weighted by atomic mass is 32.2. The predicted molar refractivity (Wildman–Crippen MR) is 159 cm³/mol. The fourth-order valence-corrected chi connectivity index (χ4v) is 5.83. The maximum atomic E-state index is 14.1. The van der Waals surface area contributed by atoms with Crippen molar-refractivity contribution >= 4 is 21.6 Å². The number of fused-ring (bicyclic) bond motifs is 1. The van der Waals surface area contributed by atoms with Crippen LogP contribution in [0.5, 0.6) is 11.5 Å². The maximum absolute atomic E-state index is 14.1. The quantitative estimate of drug-likeness (QED) is 0.476. The molecule has 1 aliphatic rings. The molecule has 0 spiro atoms. The average Bonchev–Trinajstić information content (AvgIpc) is 2.94. The second-order valence-corrected chi connectivity index (χ2v) is 12.7. The lowest BCUT2D eigenvalue weighted by Crippen LogP contribution is -2.47. The van der Waals surface area contributed by atoms with Crippen LogP contribution in [0.25, 0.3) is 0 Å². The van der Waals surface area contributed by atoms with Gasteiger partial charge in [-0.2, -0.15) is 0 Å². The number of nitrogens with zero attached hydrogens (tertiary/aromatic N) is 2. The van der Waals surface area contributed by atoms with Crippen molar-refractivity contribution in [2.24, 2.45) is 5.92 Å². The Kier molecular flexibility index (Phi) is 11.8. The third-order valence-electron chi connectivity index (χ3n) is 7.22. The first-order valence-corrected chi connectivity index (χ1v) is 15.6. The highest BCUT2D eigenvalue weighted by Crippen LogP contribution is 2.29. The van der Waals surface area contributed by atoms with Gasteiger partial charge in [-0.3, -0.25) is 9.52 Å². The molecule has 0 bridgehead atoms. The Morgan fingerprint density at radius 2 is 1.85 bits per heavy atom. The van der Waals surface area contributed by atoms with E-state index in [4.69, 9.17) is 14.2 Å². The molecule has 41 heavy (non-hydrogen) atoms. The van der Waals surface area contributed by atoms with Crippen LogP contribution in [-0.4, -0.2) is 95.0 Å². The van der Waals surface area contributed by atoms with Crippen LogP contribution in [-0.2, 0) is 14.8 Å². The molecule has 2 N–H and O–H groups in total. The summed E-state index contributed by atoms with van der Waals surface area (Å²) in [6.45, 7) is 7.21. The van der Waals surface area contributed by atoms with E-state index in [0.29, 0.717) is 31.2 Å². The van der Waals surface area contributed by atoms with Crippen LogP contribution in [0.4, 0.5) is 5.69 Å². The number of sulfonamides is 1. The zero-order valence-electron chi connectivity index (χ0n) is 25.0. The maximum Gasteiger partial charge on any atom is 0.261 e. The van der Waals surface area contributed by atoms with Crippen molar-refractivity contribution in [1.29, 1.82) is 0 Å². The van der Waals surface area contributed by atoms with Crippen molar-refractivity contribution in [2.45, 2.75) is 63.2 Å². The summed E-state index contributed by atoms with van der Waals surface area (Å²) in [6, 6.07) is 10.3. The second kappa shape index (κ2) is 14.9. The van der Waals surface area contributed by atoms with Gasteiger partial charge in [0.25, 0.3) is 15.9 Å². The number of nitrogens with one attached hydrogen (secondary N) is 1. The third kappa shape index (κ3) is 9.06. The van der Waals surface area contributed by atoms with Crippen LogP contribution >= 0.6 is 0 Å². The topological polar surface area (TPSA) is 118 Å². The van der Waals surface area contributed by atoms with Gasteiger partial charge in [-0.25, -0.2) is 8.42 Å². The Labute approximate surface area is 244 Å². The molecular formula is C30H45N3O7S. The molecule has 3 rings (SSSR count). The Hall–Kier alpha value is -2.86. The van der Waals surface area contributed by atoms with E-state index in [1.165, 1.54) is 25.3 Å². The van der Waals surface area contributed by atoms with E-state index in [9.17, 15) is 18.3 Å². The first-order chi connectivity index (χ1) is 19.4. The Morgan fingerprint density at radius 1 is 1.15 bits per heavy atom. The third-order valence-corrected chi connectivity index (χ3v) is 8.62. The molecule has 0 aromatic heterocycles. The Balaban J connectivity index is 2.01. The second-order valence-electron chi connectivity index (χ2n) is 11.1. The summed E-state index contributed by atoms with van der Waals surface area (Å²) < 4.78 is 46.5. The fraction of sp³-hybridized carbons (Fsp3) is 0.567. The summed E-state index contributed by atoms with van der Waals surface area (Å²) in [5.74, 6) is 0.526. The first-order valence-electron chi connectivity index (χ1n) is 14.1. The fourth-order valence-electron chi connectivity index (χ4n) is 4.78. The van der Waals surface area contributed by atoms with Gasteiger partial charge in [-0.15, -0.1) is 0 Å². The molecule has 0 saturated carbocycles. The molecule has 0 aliphatic carbocycles. The van der Waals surface area contributed by atoms with E-state index in [-0.39, 0.29) is 46.8 Å². The van der Waals surface area contributed by atoms with Crippen LogP contribution in [0.2, 0.25) is 0 Å². The van der Waals surface area contributed by atoms with Gasteiger partial charge in [-0.05, 0) is 89.7 Å². The standard InChI is InChI=1S/C30H45N3O7S/c1-21-18-33(22(2)20-34)30(35)27-17-24(31-41(36,37)26-13-11-25(38-6)12-14-26)10-15-28(27)40-23(3)9-7-8-16-39-29(21)19-32(4)5/h10-15,17,21-23,29,31,34H,7-9,16,18-20H2,1-6H3/t21-,22+,23-,29-/m1/s1. The molecule has 228 valence electrons. The van der Waals surface area contributed by atoms with E-state index >= 15 is 0 Å². The van der Waals surface area contributed by atoms with Crippen LogP contribution in [0.1, 0.15) is 50.4 Å². The minimum atomic E-state index is -3.94. The van der Waals surface area contributed by atoms with Crippen molar-refractivity contribution in [3.8, 4) is 11.5 Å². The lowest BCUT2D eigenvalue weighted by molar-refractivity contribution is -0.0137. The zero-order chi connectivity index (χ0) is 30.2. The van der Waals surface area contributed by atoms with Gasteiger partial charge in [-0.1, -0.05) is 6.92 Å². The van der Waals surface area contributed by atoms with E-state index in [0.717, 1.165) is 19.3 Å². The lowest BCUT2D eigenvalue weighted by atomic mass is 10.0. The highest BCUT2D eigenvalue weighted by molar-refractivity contribution is 7.92. The van der Waals surface area contributed by atoms with Crippen LogP contribution in [0, 0.1) is 5.92 Å². The Bertz CT molecular complexity index is 1240. The van der Waals surface area contributed by atoms with Crippen LogP contribution in [0.3, 0.4) is 0 Å². The summed E-state index contributed by atoms with van der Waals surface area (Å²) in [5, 5.41) is 10.1. The van der Waals surface area contributed by atoms with Gasteiger partial charge in [0.1, 0.15) is 11.5 Å². The number of hydrogen-bond acceptors (Lipinski definition) is 8. The molecule has 11 heteroatoms. The minimum Gasteiger partial charge on any atom is -0.497 e. The summed E-state index contributed by atoms with van der Waals surface area (Å²) in [4.78, 5) is 17.9. The number of ether oxygens (including phenoxy) is 3. The van der Waals surface area contributed by atoms with Gasteiger partial charge in [0.15, 0.2) is 0 Å². The monoisotopic (exact) mass is 591 g/mol. The summed E-state index contributed by atoms with van der Waals surface area (Å²) >= 11 is 0. The molecule has 2 aromatic carbocycles. The van der Waals surface area contributed by atoms with Crippen molar-refractivity contribution < 1.29 is 32.5 Å². The number of carbonyl (C=O) groups is 1. The van der Waals surface area contributed by atoms with E-state index < -0.39 is 16.1 Å².